The first-order chi connectivity index (χ1) is 11.6. The minimum atomic E-state index is -1.17. The third kappa shape index (κ3) is 15.6. The fourth-order valence-corrected chi connectivity index (χ4v) is 5.80. The monoisotopic (exact) mass is 440 g/mol. The molecule has 132 valence electrons. The van der Waals surface area contributed by atoms with E-state index < -0.39 is 11.9 Å². The van der Waals surface area contributed by atoms with Crippen molar-refractivity contribution in [1.82, 2.24) is 0 Å². The molecule has 1 rings (SSSR count). The molecule has 24 heavy (non-hydrogen) atoms. The van der Waals surface area contributed by atoms with E-state index in [0.717, 1.165) is 17.7 Å². The van der Waals surface area contributed by atoms with Crippen LogP contribution in [0, 0.1) is 0 Å². The molecule has 1 N–H and O–H groups in total. The molecule has 0 aromatic heterocycles. The molecule has 0 saturated heterocycles. The summed E-state index contributed by atoms with van der Waals surface area (Å²) in [4.78, 5) is 21.0. The number of ether oxygens (including phenoxy) is 1. The average molecular weight is 439 g/mol. The molecule has 2 radical (unpaired) electrons. The van der Waals surface area contributed by atoms with E-state index in [1.165, 1.54) is 25.7 Å². The summed E-state index contributed by atoms with van der Waals surface area (Å²) in [6, 6.07) is 9.14. The summed E-state index contributed by atoms with van der Waals surface area (Å²) < 4.78 is 8.04. The summed E-state index contributed by atoms with van der Waals surface area (Å²) in [5, 5.41) is 8.25. The van der Waals surface area contributed by atoms with E-state index in [4.69, 9.17) is 9.84 Å². The SMILES string of the molecule is CCC[CH2][Sn][CH2]CCC.O=C(O)/C=C\C(=O)OCc1ccccc1. The van der Waals surface area contributed by atoms with Gasteiger partial charge in [-0.15, -0.1) is 0 Å². The van der Waals surface area contributed by atoms with Crippen LogP contribution in [-0.2, 0) is 20.9 Å². The first-order valence-electron chi connectivity index (χ1n) is 8.42. The Hall–Kier alpha value is -1.30. The van der Waals surface area contributed by atoms with Gasteiger partial charge in [-0.1, -0.05) is 30.3 Å². The third-order valence-electron chi connectivity index (χ3n) is 3.00. The number of unbranched alkanes of at least 4 members (excludes halogenated alkanes) is 2. The van der Waals surface area contributed by atoms with Crippen molar-refractivity contribution in [3.63, 3.8) is 0 Å². The molecule has 0 spiro atoms. The van der Waals surface area contributed by atoms with Crippen molar-refractivity contribution in [2.24, 2.45) is 0 Å². The van der Waals surface area contributed by atoms with Crippen LogP contribution in [0.5, 0.6) is 0 Å². The largest absolute Gasteiger partial charge is 0.478 e. The van der Waals surface area contributed by atoms with Gasteiger partial charge in [-0.25, -0.2) is 9.59 Å². The number of carbonyl (C=O) groups excluding carboxylic acids is 1. The molecule has 0 aliphatic carbocycles. The Kier molecular flexibility index (Phi) is 15.7. The Morgan fingerprint density at radius 2 is 1.62 bits per heavy atom. The van der Waals surface area contributed by atoms with Gasteiger partial charge in [0, 0.05) is 12.2 Å². The van der Waals surface area contributed by atoms with Gasteiger partial charge in [-0.3, -0.25) is 0 Å². The summed E-state index contributed by atoms with van der Waals surface area (Å²) in [6.45, 7) is 4.72. The van der Waals surface area contributed by atoms with Crippen molar-refractivity contribution in [3.05, 3.63) is 48.0 Å². The van der Waals surface area contributed by atoms with Gasteiger partial charge in [-0.2, -0.15) is 0 Å². The molecule has 0 fully saturated rings. The Balaban J connectivity index is 0.000000506. The van der Waals surface area contributed by atoms with Gasteiger partial charge >= 0.3 is 81.5 Å². The maximum absolute atomic E-state index is 10.9. The molecule has 4 nitrogen and oxygen atoms in total. The molecule has 0 aliphatic heterocycles. The van der Waals surface area contributed by atoms with E-state index in [9.17, 15) is 9.59 Å². The van der Waals surface area contributed by atoms with Gasteiger partial charge in [0.1, 0.15) is 6.61 Å². The summed E-state index contributed by atoms with van der Waals surface area (Å²) >= 11 is 0.149. The van der Waals surface area contributed by atoms with Crippen molar-refractivity contribution >= 4 is 33.1 Å². The van der Waals surface area contributed by atoms with E-state index in [1.807, 2.05) is 30.3 Å². The second kappa shape index (κ2) is 16.6. The van der Waals surface area contributed by atoms with Crippen molar-refractivity contribution in [1.29, 1.82) is 0 Å². The van der Waals surface area contributed by atoms with Crippen LogP contribution < -0.4 is 0 Å². The quantitative estimate of drug-likeness (QED) is 0.253. The molecule has 0 heterocycles. The number of esters is 1. The second-order valence-corrected chi connectivity index (χ2v) is 9.50. The summed E-state index contributed by atoms with van der Waals surface area (Å²) in [5.74, 6) is -1.84. The Morgan fingerprint density at radius 3 is 2.12 bits per heavy atom. The molecule has 0 bridgehead atoms. The number of hydrogen-bond acceptors (Lipinski definition) is 3. The first kappa shape index (κ1) is 22.7. The molecule has 0 aliphatic rings. The van der Waals surface area contributed by atoms with E-state index in [-0.39, 0.29) is 27.7 Å². The van der Waals surface area contributed by atoms with Crippen LogP contribution in [0.4, 0.5) is 0 Å². The van der Waals surface area contributed by atoms with Gasteiger partial charge < -0.3 is 9.84 Å². The second-order valence-electron chi connectivity index (χ2n) is 5.22. The van der Waals surface area contributed by atoms with Gasteiger partial charge in [0.15, 0.2) is 0 Å². The van der Waals surface area contributed by atoms with Crippen molar-refractivity contribution < 1.29 is 19.4 Å². The standard InChI is InChI=1S/C11H10O4.2C4H9.Sn/c12-10(13)6-7-11(14)15-8-9-4-2-1-3-5-9;2*1-3-4-2;/h1-7H,8H2,(H,12,13);2*1,3-4H2,2H3;/b7-6-;;;. The molecule has 1 aromatic rings. The van der Waals surface area contributed by atoms with Gasteiger partial charge in [-0.05, 0) is 5.56 Å². The summed E-state index contributed by atoms with van der Waals surface area (Å²) in [5.41, 5.74) is 0.856. The van der Waals surface area contributed by atoms with E-state index in [2.05, 4.69) is 13.8 Å². The average Bonchev–Trinajstić information content (AvgIpc) is 2.59. The molecule has 5 heteroatoms. The van der Waals surface area contributed by atoms with Gasteiger partial charge in [0.2, 0.25) is 0 Å². The van der Waals surface area contributed by atoms with E-state index in [1.54, 1.807) is 8.87 Å². The summed E-state index contributed by atoms with van der Waals surface area (Å²) in [6.07, 6.45) is 7.46. The number of benzene rings is 1. The van der Waals surface area contributed by atoms with Crippen LogP contribution >= 0.6 is 0 Å². The van der Waals surface area contributed by atoms with Crippen LogP contribution in [0.2, 0.25) is 8.87 Å². The Labute approximate surface area is 155 Å². The fraction of sp³-hybridized carbons (Fsp3) is 0.474. The van der Waals surface area contributed by atoms with E-state index >= 15 is 0 Å². The molecular weight excluding hydrogens is 411 g/mol. The Bertz CT molecular complexity index is 466. The number of aliphatic carboxylic acids is 1. The maximum atomic E-state index is 10.9. The predicted molar refractivity (Wildman–Crippen MR) is 98.2 cm³/mol. The predicted octanol–water partition coefficient (Wildman–Crippen LogP) is 4.50. The maximum Gasteiger partial charge on any atom is 0.331 e. The smallest absolute Gasteiger partial charge is 0.331 e. The van der Waals surface area contributed by atoms with Gasteiger partial charge in [0.25, 0.3) is 0 Å². The topological polar surface area (TPSA) is 63.6 Å². The van der Waals surface area contributed by atoms with Crippen molar-refractivity contribution in [2.75, 3.05) is 0 Å². The first-order valence-corrected chi connectivity index (χ1v) is 12.5. The molecule has 0 amide bonds. The fourth-order valence-electron chi connectivity index (χ4n) is 1.64. The van der Waals surface area contributed by atoms with Crippen LogP contribution in [0.15, 0.2) is 42.5 Å². The number of carbonyl (C=O) groups is 2. The van der Waals surface area contributed by atoms with Crippen LogP contribution in [0.1, 0.15) is 45.1 Å². The number of carboxylic acids is 1. The number of hydrogen-bond donors (Lipinski definition) is 1. The zero-order valence-corrected chi connectivity index (χ0v) is 17.5. The molecule has 1 aromatic carbocycles. The van der Waals surface area contributed by atoms with Crippen LogP contribution in [0.25, 0.3) is 0 Å². The van der Waals surface area contributed by atoms with Crippen molar-refractivity contribution in [2.45, 2.75) is 55.0 Å². The molecule has 0 atom stereocenters. The minimum absolute atomic E-state index is 0.142. The van der Waals surface area contributed by atoms with Crippen LogP contribution in [0.3, 0.4) is 0 Å². The van der Waals surface area contributed by atoms with Crippen molar-refractivity contribution in [3.8, 4) is 0 Å². The number of carboxylic acid groups (broad SMARTS) is 1. The van der Waals surface area contributed by atoms with Crippen LogP contribution in [-0.4, -0.2) is 38.2 Å². The normalized spacial score (nSPS) is 10.1. The molecule has 0 saturated carbocycles. The molecular formula is C19H28O4Sn. The third-order valence-corrected chi connectivity index (χ3v) is 7.04. The Morgan fingerprint density at radius 1 is 1.04 bits per heavy atom. The number of rotatable bonds is 10. The van der Waals surface area contributed by atoms with Gasteiger partial charge in [0.05, 0.1) is 0 Å². The minimum Gasteiger partial charge on any atom is -0.478 e. The zero-order chi connectivity index (χ0) is 18.0. The zero-order valence-electron chi connectivity index (χ0n) is 14.7. The summed E-state index contributed by atoms with van der Waals surface area (Å²) in [7, 11) is 0. The molecule has 0 unspecified atom stereocenters. The van der Waals surface area contributed by atoms with E-state index in [0.29, 0.717) is 0 Å².